The van der Waals surface area contributed by atoms with E-state index in [2.05, 4.69) is 36.4 Å². The average Bonchev–Trinajstić information content (AvgIpc) is 2.84. The molecule has 4 heteroatoms. The maximum Gasteiger partial charge on any atom is 0.254 e. The van der Waals surface area contributed by atoms with Gasteiger partial charge in [0.1, 0.15) is 0 Å². The number of halogens is 1. The molecular formula is C29H27ClN2O. The van der Waals surface area contributed by atoms with Crippen molar-refractivity contribution in [3.8, 4) is 11.3 Å². The van der Waals surface area contributed by atoms with E-state index in [0.717, 1.165) is 60.1 Å². The molecule has 0 bridgehead atoms. The van der Waals surface area contributed by atoms with Crippen LogP contribution < -0.4 is 0 Å². The maximum atomic E-state index is 13.7. The molecule has 0 radical (unpaired) electrons. The highest BCUT2D eigenvalue weighted by molar-refractivity contribution is 6.33. The van der Waals surface area contributed by atoms with Crippen molar-refractivity contribution in [2.75, 3.05) is 13.1 Å². The third-order valence-electron chi connectivity index (χ3n) is 6.61. The number of aromatic nitrogens is 1. The minimum Gasteiger partial charge on any atom is -0.339 e. The highest BCUT2D eigenvalue weighted by atomic mass is 35.5. The van der Waals surface area contributed by atoms with Crippen LogP contribution in [0.15, 0.2) is 78.9 Å². The van der Waals surface area contributed by atoms with Gasteiger partial charge in [-0.05, 0) is 61.9 Å². The van der Waals surface area contributed by atoms with Gasteiger partial charge in [-0.2, -0.15) is 0 Å². The van der Waals surface area contributed by atoms with Crippen LogP contribution in [0.1, 0.15) is 34.3 Å². The lowest BCUT2D eigenvalue weighted by molar-refractivity contribution is 0.0692. The topological polar surface area (TPSA) is 33.2 Å². The van der Waals surface area contributed by atoms with Crippen molar-refractivity contribution in [1.82, 2.24) is 9.88 Å². The summed E-state index contributed by atoms with van der Waals surface area (Å²) >= 11 is 6.46. The summed E-state index contributed by atoms with van der Waals surface area (Å²) in [4.78, 5) is 20.6. The molecule has 166 valence electrons. The Bertz CT molecular complexity index is 1290. The molecule has 3 aromatic carbocycles. The van der Waals surface area contributed by atoms with E-state index in [4.69, 9.17) is 16.6 Å². The molecule has 2 heterocycles. The summed E-state index contributed by atoms with van der Waals surface area (Å²) in [5, 5.41) is 1.54. The predicted molar refractivity (Wildman–Crippen MR) is 136 cm³/mol. The number of carbonyl (C=O) groups excluding carboxylic acids is 1. The lowest BCUT2D eigenvalue weighted by Gasteiger charge is -2.32. The molecule has 1 amide bonds. The Labute approximate surface area is 200 Å². The molecule has 0 N–H and O–H groups in total. The van der Waals surface area contributed by atoms with Crippen LogP contribution in [0, 0.1) is 12.8 Å². The number of nitrogens with zero attached hydrogens (tertiary/aromatic N) is 2. The van der Waals surface area contributed by atoms with Crippen molar-refractivity contribution in [1.29, 1.82) is 0 Å². The Hall–Kier alpha value is -3.17. The van der Waals surface area contributed by atoms with Crippen molar-refractivity contribution < 1.29 is 4.79 Å². The minimum atomic E-state index is 0.0828. The molecule has 33 heavy (non-hydrogen) atoms. The van der Waals surface area contributed by atoms with Crippen LogP contribution in [0.2, 0.25) is 5.02 Å². The second-order valence-corrected chi connectivity index (χ2v) is 9.39. The van der Waals surface area contributed by atoms with E-state index < -0.39 is 0 Å². The van der Waals surface area contributed by atoms with Gasteiger partial charge >= 0.3 is 0 Å². The van der Waals surface area contributed by atoms with E-state index in [1.807, 2.05) is 54.3 Å². The van der Waals surface area contributed by atoms with Gasteiger partial charge in [-0.1, -0.05) is 71.8 Å². The van der Waals surface area contributed by atoms with Crippen LogP contribution >= 0.6 is 11.6 Å². The third kappa shape index (κ3) is 4.65. The first-order valence-corrected chi connectivity index (χ1v) is 12.0. The second-order valence-electron chi connectivity index (χ2n) is 8.98. The number of likely N-dealkylation sites (tertiary alicyclic amines) is 1. The fourth-order valence-corrected chi connectivity index (χ4v) is 5.01. The average molecular weight is 455 g/mol. The first-order chi connectivity index (χ1) is 16.1. The molecular weight excluding hydrogens is 428 g/mol. The summed E-state index contributed by atoms with van der Waals surface area (Å²) in [5.41, 5.74) is 5.60. The van der Waals surface area contributed by atoms with Gasteiger partial charge in [0.15, 0.2) is 0 Å². The monoisotopic (exact) mass is 454 g/mol. The molecule has 0 atom stereocenters. The number of benzene rings is 3. The summed E-state index contributed by atoms with van der Waals surface area (Å²) in [6, 6.07) is 26.3. The van der Waals surface area contributed by atoms with Gasteiger partial charge in [-0.25, -0.2) is 4.98 Å². The highest BCUT2D eigenvalue weighted by Crippen LogP contribution is 2.31. The zero-order chi connectivity index (χ0) is 22.8. The van der Waals surface area contributed by atoms with Crippen molar-refractivity contribution >= 4 is 28.4 Å². The van der Waals surface area contributed by atoms with Gasteiger partial charge in [0.2, 0.25) is 0 Å². The molecule has 5 rings (SSSR count). The van der Waals surface area contributed by atoms with Crippen LogP contribution in [-0.2, 0) is 6.42 Å². The summed E-state index contributed by atoms with van der Waals surface area (Å²) in [5.74, 6) is 0.700. The van der Waals surface area contributed by atoms with Crippen molar-refractivity contribution in [2.45, 2.75) is 26.2 Å². The Kier molecular flexibility index (Phi) is 6.15. The zero-order valence-corrected chi connectivity index (χ0v) is 19.6. The van der Waals surface area contributed by atoms with E-state index in [1.165, 1.54) is 5.56 Å². The van der Waals surface area contributed by atoms with Crippen LogP contribution in [0.4, 0.5) is 0 Å². The number of fused-ring (bicyclic) bond motifs is 1. The van der Waals surface area contributed by atoms with Gasteiger partial charge in [-0.3, -0.25) is 4.79 Å². The first kappa shape index (κ1) is 21.7. The smallest absolute Gasteiger partial charge is 0.254 e. The molecule has 0 unspecified atom stereocenters. The number of piperidine rings is 1. The quantitative estimate of drug-likeness (QED) is 0.334. The van der Waals surface area contributed by atoms with Crippen molar-refractivity contribution in [3.05, 3.63) is 101 Å². The van der Waals surface area contributed by atoms with E-state index in [-0.39, 0.29) is 5.91 Å². The summed E-state index contributed by atoms with van der Waals surface area (Å²) in [6.07, 6.45) is 3.14. The molecule has 1 aliphatic rings. The van der Waals surface area contributed by atoms with E-state index >= 15 is 0 Å². The molecule has 1 aromatic heterocycles. The van der Waals surface area contributed by atoms with Gasteiger partial charge in [0.05, 0.1) is 16.8 Å². The number of carbonyl (C=O) groups is 1. The Morgan fingerprint density at radius 2 is 1.70 bits per heavy atom. The fraction of sp³-hybridized carbons (Fsp3) is 0.241. The third-order valence-corrected chi connectivity index (χ3v) is 6.94. The summed E-state index contributed by atoms with van der Waals surface area (Å²) < 4.78 is 0. The second kappa shape index (κ2) is 9.36. The van der Waals surface area contributed by atoms with Gasteiger partial charge in [-0.15, -0.1) is 0 Å². The number of pyridine rings is 1. The van der Waals surface area contributed by atoms with Gasteiger partial charge in [0.25, 0.3) is 5.91 Å². The van der Waals surface area contributed by atoms with Crippen molar-refractivity contribution in [2.24, 2.45) is 5.92 Å². The van der Waals surface area contributed by atoms with Crippen LogP contribution in [-0.4, -0.2) is 28.9 Å². The molecule has 0 spiro atoms. The number of aryl methyl sites for hydroxylation is 1. The van der Waals surface area contributed by atoms with E-state index in [1.54, 1.807) is 0 Å². The Morgan fingerprint density at radius 1 is 0.970 bits per heavy atom. The van der Waals surface area contributed by atoms with Crippen LogP contribution in [0.25, 0.3) is 22.2 Å². The number of hydrogen-bond donors (Lipinski definition) is 0. The lowest BCUT2D eigenvalue weighted by atomic mass is 9.90. The van der Waals surface area contributed by atoms with Crippen molar-refractivity contribution in [3.63, 3.8) is 0 Å². The number of rotatable bonds is 4. The summed E-state index contributed by atoms with van der Waals surface area (Å²) in [7, 11) is 0. The standard InChI is InChI=1S/C29H27ClN2O/c1-20-11-12-27-24(17-20)25(19-28(31-27)23-9-5-6-10-26(23)30)29(33)32-15-13-22(14-16-32)18-21-7-3-2-4-8-21/h2-12,17,19,22H,13-16,18H2,1H3. The Balaban J connectivity index is 1.43. The first-order valence-electron chi connectivity index (χ1n) is 11.6. The zero-order valence-electron chi connectivity index (χ0n) is 18.8. The minimum absolute atomic E-state index is 0.0828. The van der Waals surface area contributed by atoms with Crippen LogP contribution in [0.3, 0.4) is 0 Å². The molecule has 0 saturated carbocycles. The molecule has 1 fully saturated rings. The SMILES string of the molecule is Cc1ccc2nc(-c3ccccc3Cl)cc(C(=O)N3CCC(Cc4ccccc4)CC3)c2c1. The molecule has 1 aliphatic heterocycles. The molecule has 4 aromatic rings. The molecule has 3 nitrogen and oxygen atoms in total. The largest absolute Gasteiger partial charge is 0.339 e. The van der Waals surface area contributed by atoms with Gasteiger partial charge in [0, 0.05) is 29.1 Å². The van der Waals surface area contributed by atoms with Crippen LogP contribution in [0.5, 0.6) is 0 Å². The number of amides is 1. The highest BCUT2D eigenvalue weighted by Gasteiger charge is 2.26. The number of hydrogen-bond acceptors (Lipinski definition) is 2. The molecule has 0 aliphatic carbocycles. The lowest BCUT2D eigenvalue weighted by Crippen LogP contribution is -2.39. The normalized spacial score (nSPS) is 14.5. The maximum absolute atomic E-state index is 13.7. The fourth-order valence-electron chi connectivity index (χ4n) is 4.78. The predicted octanol–water partition coefficient (Wildman–Crippen LogP) is 6.96. The Morgan fingerprint density at radius 3 is 2.45 bits per heavy atom. The van der Waals surface area contributed by atoms with E-state index in [9.17, 15) is 4.79 Å². The van der Waals surface area contributed by atoms with Gasteiger partial charge < -0.3 is 4.90 Å². The summed E-state index contributed by atoms with van der Waals surface area (Å²) in [6.45, 7) is 3.62. The van der Waals surface area contributed by atoms with E-state index in [0.29, 0.717) is 16.5 Å². The molecule has 1 saturated heterocycles.